The summed E-state index contributed by atoms with van der Waals surface area (Å²) in [6.45, 7) is 6.31. The molecule has 2 aromatic rings. The number of hydrogen-bond donors (Lipinski definition) is 1. The van der Waals surface area contributed by atoms with Crippen molar-refractivity contribution >= 4 is 6.03 Å². The molecule has 2 aromatic heterocycles. The van der Waals surface area contributed by atoms with Gasteiger partial charge in [0.05, 0.1) is 17.1 Å². The van der Waals surface area contributed by atoms with Crippen LogP contribution in [0.1, 0.15) is 23.5 Å². The number of carbonyl (C=O) groups excluding carboxylic acids is 1. The van der Waals surface area contributed by atoms with Crippen LogP contribution in [0.15, 0.2) is 18.3 Å². The zero-order chi connectivity index (χ0) is 18.7. The number of hydrogen-bond acceptors (Lipinski definition) is 4. The quantitative estimate of drug-likeness (QED) is 0.871. The second kappa shape index (κ2) is 7.90. The Morgan fingerprint density at radius 1 is 1.38 bits per heavy atom. The van der Waals surface area contributed by atoms with Crippen molar-refractivity contribution in [3.8, 4) is 0 Å². The van der Waals surface area contributed by atoms with Gasteiger partial charge >= 0.3 is 6.03 Å². The smallest absolute Gasteiger partial charge is 0.316 e. The van der Waals surface area contributed by atoms with E-state index in [-0.39, 0.29) is 6.03 Å². The highest BCUT2D eigenvalue weighted by molar-refractivity contribution is 5.73. The molecule has 142 valence electrons. The Morgan fingerprint density at radius 3 is 2.88 bits per heavy atom. The first-order valence-corrected chi connectivity index (χ1v) is 9.10. The van der Waals surface area contributed by atoms with E-state index in [0.29, 0.717) is 12.5 Å². The second-order valence-electron chi connectivity index (χ2n) is 7.36. The third-order valence-electron chi connectivity index (χ3n) is 4.86. The molecule has 0 unspecified atom stereocenters. The summed E-state index contributed by atoms with van der Waals surface area (Å²) in [5.74, 6) is 0.438. The fourth-order valence-electron chi connectivity index (χ4n) is 3.51. The van der Waals surface area contributed by atoms with Crippen LogP contribution in [0, 0.1) is 12.8 Å². The fraction of sp³-hybridized carbons (Fsp3) is 0.611. The summed E-state index contributed by atoms with van der Waals surface area (Å²) >= 11 is 0. The van der Waals surface area contributed by atoms with E-state index in [0.717, 1.165) is 38.3 Å². The van der Waals surface area contributed by atoms with Gasteiger partial charge in [-0.05, 0) is 31.4 Å². The summed E-state index contributed by atoms with van der Waals surface area (Å²) in [5.41, 5.74) is 3.50. The molecule has 0 saturated heterocycles. The minimum Gasteiger partial charge on any atom is -0.338 e. The number of aromatic nitrogens is 4. The number of amides is 2. The van der Waals surface area contributed by atoms with Gasteiger partial charge in [-0.2, -0.15) is 10.2 Å². The zero-order valence-electron chi connectivity index (χ0n) is 16.1. The van der Waals surface area contributed by atoms with Gasteiger partial charge in [-0.3, -0.25) is 14.3 Å². The van der Waals surface area contributed by atoms with Crippen LogP contribution in [-0.4, -0.2) is 62.6 Å². The number of nitrogens with one attached hydrogen (secondary N) is 1. The standard InChI is InChI=1S/C18H29N7O/c1-14-9-17(23(4)21-14)13-24-10-15(5-7-19-18(26)22(2)3)11-25-16(12-24)6-8-20-25/h6,8-9,15H,5,7,10-13H2,1-4H3,(H,19,26)/t15-/m1/s1. The molecule has 8 heteroatoms. The Hall–Kier alpha value is -2.35. The molecular formula is C18H29N7O. The van der Waals surface area contributed by atoms with Crippen molar-refractivity contribution in [3.63, 3.8) is 0 Å². The van der Waals surface area contributed by atoms with Crippen LogP contribution < -0.4 is 5.32 Å². The first-order chi connectivity index (χ1) is 12.4. The summed E-state index contributed by atoms with van der Waals surface area (Å²) in [6, 6.07) is 4.20. The van der Waals surface area contributed by atoms with Crippen LogP contribution in [0.25, 0.3) is 0 Å². The van der Waals surface area contributed by atoms with Crippen molar-refractivity contribution in [2.45, 2.75) is 33.0 Å². The lowest BCUT2D eigenvalue weighted by Gasteiger charge is -2.24. The summed E-state index contributed by atoms with van der Waals surface area (Å²) in [4.78, 5) is 15.8. The lowest BCUT2D eigenvalue weighted by Crippen LogP contribution is -2.37. The van der Waals surface area contributed by atoms with Crippen LogP contribution in [0.4, 0.5) is 4.79 Å². The third kappa shape index (κ3) is 4.43. The number of nitrogens with zero attached hydrogens (tertiary/aromatic N) is 6. The van der Waals surface area contributed by atoms with Gasteiger partial charge in [-0.25, -0.2) is 4.79 Å². The Labute approximate surface area is 154 Å². The molecule has 1 N–H and O–H groups in total. The summed E-state index contributed by atoms with van der Waals surface area (Å²) in [6.07, 6.45) is 2.80. The maximum atomic E-state index is 11.7. The van der Waals surface area contributed by atoms with Crippen LogP contribution in [0.2, 0.25) is 0 Å². The third-order valence-corrected chi connectivity index (χ3v) is 4.86. The van der Waals surface area contributed by atoms with E-state index >= 15 is 0 Å². The van der Waals surface area contributed by atoms with E-state index in [1.807, 2.05) is 24.9 Å². The molecule has 2 amide bonds. The molecule has 0 aromatic carbocycles. The van der Waals surface area contributed by atoms with Crippen molar-refractivity contribution in [1.29, 1.82) is 0 Å². The maximum Gasteiger partial charge on any atom is 0.316 e. The zero-order valence-corrected chi connectivity index (χ0v) is 16.1. The summed E-state index contributed by atoms with van der Waals surface area (Å²) in [5, 5.41) is 11.9. The van der Waals surface area contributed by atoms with Gasteiger partial charge in [0.1, 0.15) is 0 Å². The predicted molar refractivity (Wildman–Crippen MR) is 99.5 cm³/mol. The molecule has 1 aliphatic rings. The van der Waals surface area contributed by atoms with Crippen LogP contribution in [0.3, 0.4) is 0 Å². The highest BCUT2D eigenvalue weighted by atomic mass is 16.2. The van der Waals surface area contributed by atoms with E-state index in [2.05, 4.69) is 37.2 Å². The molecular weight excluding hydrogens is 330 g/mol. The van der Waals surface area contributed by atoms with Gasteiger partial charge in [0.25, 0.3) is 0 Å². The average Bonchev–Trinajstić information content (AvgIpc) is 3.08. The first-order valence-electron chi connectivity index (χ1n) is 9.10. The highest BCUT2D eigenvalue weighted by Crippen LogP contribution is 2.20. The summed E-state index contributed by atoms with van der Waals surface area (Å²) < 4.78 is 4.07. The molecule has 1 atom stereocenters. The van der Waals surface area contributed by atoms with Crippen molar-refractivity contribution in [3.05, 3.63) is 35.4 Å². The van der Waals surface area contributed by atoms with Crippen LogP contribution >= 0.6 is 0 Å². The molecule has 0 fully saturated rings. The van der Waals surface area contributed by atoms with Crippen molar-refractivity contribution in [2.75, 3.05) is 27.2 Å². The molecule has 0 aliphatic carbocycles. The monoisotopic (exact) mass is 359 g/mol. The molecule has 0 spiro atoms. The maximum absolute atomic E-state index is 11.7. The topological polar surface area (TPSA) is 71.2 Å². The molecule has 26 heavy (non-hydrogen) atoms. The van der Waals surface area contributed by atoms with E-state index in [4.69, 9.17) is 0 Å². The number of rotatable bonds is 5. The Kier molecular flexibility index (Phi) is 5.61. The first kappa shape index (κ1) is 18.4. The van der Waals surface area contributed by atoms with Gasteiger partial charge in [0.2, 0.25) is 0 Å². The van der Waals surface area contributed by atoms with Gasteiger partial charge < -0.3 is 10.2 Å². The lowest BCUT2D eigenvalue weighted by molar-refractivity contribution is 0.203. The molecule has 8 nitrogen and oxygen atoms in total. The minimum absolute atomic E-state index is 0.0411. The van der Waals surface area contributed by atoms with E-state index < -0.39 is 0 Å². The van der Waals surface area contributed by atoms with Crippen molar-refractivity contribution in [1.82, 2.24) is 34.7 Å². The molecule has 3 rings (SSSR count). The summed E-state index contributed by atoms with van der Waals surface area (Å²) in [7, 11) is 5.52. The Morgan fingerprint density at radius 2 is 2.19 bits per heavy atom. The van der Waals surface area contributed by atoms with Gasteiger partial charge in [0.15, 0.2) is 0 Å². The number of fused-ring (bicyclic) bond motifs is 1. The Balaban J connectivity index is 1.66. The van der Waals surface area contributed by atoms with E-state index in [1.54, 1.807) is 19.0 Å². The molecule has 0 bridgehead atoms. The van der Waals surface area contributed by atoms with Gasteiger partial charge in [-0.1, -0.05) is 0 Å². The SMILES string of the molecule is Cc1cc(CN2Cc3ccnn3C[C@H](CCNC(=O)N(C)C)C2)n(C)n1. The van der Waals surface area contributed by atoms with Crippen LogP contribution in [-0.2, 0) is 26.7 Å². The molecule has 0 radical (unpaired) electrons. The molecule has 0 saturated carbocycles. The fourth-order valence-corrected chi connectivity index (χ4v) is 3.51. The lowest BCUT2D eigenvalue weighted by atomic mass is 10.1. The van der Waals surface area contributed by atoms with Gasteiger partial charge in [0, 0.05) is 60.1 Å². The van der Waals surface area contributed by atoms with Crippen molar-refractivity contribution in [2.24, 2.45) is 13.0 Å². The van der Waals surface area contributed by atoms with E-state index in [1.165, 1.54) is 11.4 Å². The van der Waals surface area contributed by atoms with Gasteiger partial charge in [-0.15, -0.1) is 0 Å². The van der Waals surface area contributed by atoms with Crippen LogP contribution in [0.5, 0.6) is 0 Å². The number of aryl methyl sites for hydroxylation is 2. The number of urea groups is 1. The Bertz CT molecular complexity index is 749. The predicted octanol–water partition coefficient (Wildman–Crippen LogP) is 1.22. The highest BCUT2D eigenvalue weighted by Gasteiger charge is 2.23. The molecule has 3 heterocycles. The largest absolute Gasteiger partial charge is 0.338 e. The van der Waals surface area contributed by atoms with E-state index in [9.17, 15) is 4.79 Å². The molecule has 1 aliphatic heterocycles. The average molecular weight is 359 g/mol. The number of carbonyl (C=O) groups is 1. The second-order valence-corrected chi connectivity index (χ2v) is 7.36. The van der Waals surface area contributed by atoms with Crippen molar-refractivity contribution < 1.29 is 4.79 Å². The normalized spacial score (nSPS) is 17.6. The minimum atomic E-state index is -0.0411.